The Morgan fingerprint density at radius 1 is 1.70 bits per heavy atom. The molecule has 0 aliphatic heterocycles. The second-order valence-electron chi connectivity index (χ2n) is 2.47. The standard InChI is InChI=1S/C7H13NO2/c1-5(2)7(3,8)6(9)10-4/h1,8H2,2-4H3/t7-/m1/s1. The Bertz CT molecular complexity index is 161. The van der Waals surface area contributed by atoms with E-state index in [4.69, 9.17) is 5.73 Å². The minimum absolute atomic E-state index is 0.458. The molecule has 0 aromatic carbocycles. The molecule has 2 N–H and O–H groups in total. The topological polar surface area (TPSA) is 52.3 Å². The van der Waals surface area contributed by atoms with Gasteiger partial charge >= 0.3 is 5.97 Å². The van der Waals surface area contributed by atoms with Gasteiger partial charge in [0.2, 0.25) is 0 Å². The summed E-state index contributed by atoms with van der Waals surface area (Å²) >= 11 is 0. The predicted octanol–water partition coefficient (Wildman–Crippen LogP) is 0.453. The molecular weight excluding hydrogens is 130 g/mol. The van der Waals surface area contributed by atoms with Gasteiger partial charge in [-0.05, 0) is 19.4 Å². The molecule has 0 heterocycles. The SMILES string of the molecule is C=C(C)[C@@](C)(N)C(=O)OC. The number of methoxy groups -OCH3 is 1. The van der Waals surface area contributed by atoms with Crippen LogP contribution < -0.4 is 5.73 Å². The Morgan fingerprint density at radius 2 is 2.10 bits per heavy atom. The summed E-state index contributed by atoms with van der Waals surface area (Å²) in [5, 5.41) is 0. The van der Waals surface area contributed by atoms with Gasteiger partial charge < -0.3 is 10.5 Å². The molecule has 10 heavy (non-hydrogen) atoms. The third-order valence-corrected chi connectivity index (χ3v) is 1.50. The monoisotopic (exact) mass is 143 g/mol. The van der Waals surface area contributed by atoms with Gasteiger partial charge in [-0.25, -0.2) is 4.79 Å². The highest BCUT2D eigenvalue weighted by atomic mass is 16.5. The average molecular weight is 143 g/mol. The summed E-state index contributed by atoms with van der Waals surface area (Å²) < 4.78 is 4.45. The van der Waals surface area contributed by atoms with Gasteiger partial charge in [-0.15, -0.1) is 0 Å². The number of nitrogens with two attached hydrogens (primary N) is 1. The zero-order valence-corrected chi connectivity index (χ0v) is 6.60. The molecule has 0 aliphatic rings. The van der Waals surface area contributed by atoms with Crippen molar-refractivity contribution in [2.75, 3.05) is 7.11 Å². The lowest BCUT2D eigenvalue weighted by Crippen LogP contribution is -2.46. The van der Waals surface area contributed by atoms with Gasteiger partial charge in [-0.2, -0.15) is 0 Å². The Kier molecular flexibility index (Phi) is 2.60. The number of rotatable bonds is 2. The number of hydrogen-bond donors (Lipinski definition) is 1. The summed E-state index contributed by atoms with van der Waals surface area (Å²) in [7, 11) is 1.30. The lowest BCUT2D eigenvalue weighted by molar-refractivity contribution is -0.144. The molecule has 0 unspecified atom stereocenters. The lowest BCUT2D eigenvalue weighted by Gasteiger charge is -2.20. The van der Waals surface area contributed by atoms with Gasteiger partial charge in [0.25, 0.3) is 0 Å². The van der Waals surface area contributed by atoms with Crippen molar-refractivity contribution in [3.63, 3.8) is 0 Å². The van der Waals surface area contributed by atoms with Crippen molar-refractivity contribution in [2.45, 2.75) is 19.4 Å². The minimum Gasteiger partial charge on any atom is -0.467 e. The molecule has 0 spiro atoms. The van der Waals surface area contributed by atoms with Crippen LogP contribution in [0.5, 0.6) is 0 Å². The molecule has 0 aromatic rings. The van der Waals surface area contributed by atoms with Crippen LogP contribution in [-0.4, -0.2) is 18.6 Å². The van der Waals surface area contributed by atoms with E-state index >= 15 is 0 Å². The fourth-order valence-electron chi connectivity index (χ4n) is 0.386. The number of esters is 1. The van der Waals surface area contributed by atoms with Crippen LogP contribution >= 0.6 is 0 Å². The highest BCUT2D eigenvalue weighted by molar-refractivity contribution is 5.83. The van der Waals surface area contributed by atoms with Crippen LogP contribution in [0.15, 0.2) is 12.2 Å². The van der Waals surface area contributed by atoms with Crippen LogP contribution in [0, 0.1) is 0 Å². The number of hydrogen-bond acceptors (Lipinski definition) is 3. The van der Waals surface area contributed by atoms with E-state index in [1.54, 1.807) is 13.8 Å². The molecule has 0 saturated heterocycles. The average Bonchev–Trinajstić information content (AvgIpc) is 1.86. The fourth-order valence-corrected chi connectivity index (χ4v) is 0.386. The van der Waals surface area contributed by atoms with E-state index in [1.807, 2.05) is 0 Å². The summed E-state index contributed by atoms with van der Waals surface area (Å²) in [5.41, 5.74) is 5.09. The molecular formula is C7H13NO2. The maximum absolute atomic E-state index is 10.9. The summed E-state index contributed by atoms with van der Waals surface area (Å²) in [5.74, 6) is -0.458. The van der Waals surface area contributed by atoms with Crippen molar-refractivity contribution in [3.05, 3.63) is 12.2 Å². The molecule has 0 aliphatic carbocycles. The molecule has 0 aromatic heterocycles. The zero-order chi connectivity index (χ0) is 8.36. The van der Waals surface area contributed by atoms with Crippen LogP contribution in [-0.2, 0) is 9.53 Å². The van der Waals surface area contributed by atoms with Crippen LogP contribution in [0.3, 0.4) is 0 Å². The lowest BCUT2D eigenvalue weighted by atomic mass is 9.96. The van der Waals surface area contributed by atoms with E-state index in [0.29, 0.717) is 5.57 Å². The van der Waals surface area contributed by atoms with E-state index in [1.165, 1.54) is 7.11 Å². The summed E-state index contributed by atoms with van der Waals surface area (Å²) in [4.78, 5) is 10.9. The second kappa shape index (κ2) is 2.84. The van der Waals surface area contributed by atoms with Gasteiger partial charge in [0.15, 0.2) is 0 Å². The highest BCUT2D eigenvalue weighted by Crippen LogP contribution is 2.11. The summed E-state index contributed by atoms with van der Waals surface area (Å²) in [6, 6.07) is 0. The second-order valence-corrected chi connectivity index (χ2v) is 2.47. The molecule has 0 bridgehead atoms. The Labute approximate surface area is 60.9 Å². The highest BCUT2D eigenvalue weighted by Gasteiger charge is 2.29. The van der Waals surface area contributed by atoms with Crippen molar-refractivity contribution >= 4 is 5.97 Å². The van der Waals surface area contributed by atoms with Crippen molar-refractivity contribution < 1.29 is 9.53 Å². The van der Waals surface area contributed by atoms with Crippen LogP contribution in [0.1, 0.15) is 13.8 Å². The maximum Gasteiger partial charge on any atom is 0.329 e. The molecule has 0 radical (unpaired) electrons. The van der Waals surface area contributed by atoms with Crippen molar-refractivity contribution in [2.24, 2.45) is 5.73 Å². The maximum atomic E-state index is 10.9. The van der Waals surface area contributed by atoms with Crippen molar-refractivity contribution in [3.8, 4) is 0 Å². The van der Waals surface area contributed by atoms with E-state index in [0.717, 1.165) is 0 Å². The van der Waals surface area contributed by atoms with Crippen LogP contribution in [0.2, 0.25) is 0 Å². The third kappa shape index (κ3) is 1.57. The largest absolute Gasteiger partial charge is 0.467 e. The van der Waals surface area contributed by atoms with Gasteiger partial charge in [-0.3, -0.25) is 0 Å². The first kappa shape index (κ1) is 9.17. The number of carbonyl (C=O) groups is 1. The quantitative estimate of drug-likeness (QED) is 0.451. The van der Waals surface area contributed by atoms with Gasteiger partial charge in [0, 0.05) is 0 Å². The molecule has 0 amide bonds. The summed E-state index contributed by atoms with van der Waals surface area (Å²) in [6.07, 6.45) is 0. The van der Waals surface area contributed by atoms with Gasteiger partial charge in [0.05, 0.1) is 7.11 Å². The van der Waals surface area contributed by atoms with E-state index in [2.05, 4.69) is 11.3 Å². The predicted molar refractivity (Wildman–Crippen MR) is 39.4 cm³/mol. The van der Waals surface area contributed by atoms with E-state index in [9.17, 15) is 4.79 Å². The molecule has 0 rings (SSSR count). The van der Waals surface area contributed by atoms with Crippen molar-refractivity contribution in [1.29, 1.82) is 0 Å². The van der Waals surface area contributed by atoms with Gasteiger partial charge in [-0.1, -0.05) is 6.58 Å². The molecule has 1 atom stereocenters. The van der Waals surface area contributed by atoms with Gasteiger partial charge in [0.1, 0.15) is 5.54 Å². The van der Waals surface area contributed by atoms with Crippen molar-refractivity contribution in [1.82, 2.24) is 0 Å². The molecule has 3 heteroatoms. The molecule has 0 fully saturated rings. The minimum atomic E-state index is -1.05. The fraction of sp³-hybridized carbons (Fsp3) is 0.571. The first-order valence-electron chi connectivity index (χ1n) is 2.96. The molecule has 0 saturated carbocycles. The normalized spacial score (nSPS) is 15.6. The first-order chi connectivity index (χ1) is 4.42. The molecule has 58 valence electrons. The smallest absolute Gasteiger partial charge is 0.329 e. The van der Waals surface area contributed by atoms with Crippen LogP contribution in [0.25, 0.3) is 0 Å². The third-order valence-electron chi connectivity index (χ3n) is 1.50. The Hall–Kier alpha value is -0.830. The first-order valence-corrected chi connectivity index (χ1v) is 2.96. The summed E-state index contributed by atoms with van der Waals surface area (Å²) in [6.45, 7) is 6.83. The Balaban J connectivity index is 4.40. The number of carbonyl (C=O) groups excluding carboxylic acids is 1. The van der Waals surface area contributed by atoms with E-state index in [-0.39, 0.29) is 0 Å². The molecule has 3 nitrogen and oxygen atoms in total. The number of ether oxygens (including phenoxy) is 1. The van der Waals surface area contributed by atoms with E-state index < -0.39 is 11.5 Å². The van der Waals surface area contributed by atoms with Crippen LogP contribution in [0.4, 0.5) is 0 Å². The Morgan fingerprint density at radius 3 is 2.20 bits per heavy atom. The zero-order valence-electron chi connectivity index (χ0n) is 6.60.